The average Bonchev–Trinajstić information content (AvgIpc) is 2.89. The fraction of sp³-hybridized carbons (Fsp3) is 0.143. The van der Waals surface area contributed by atoms with Crippen LogP contribution < -0.4 is 0 Å². The van der Waals surface area contributed by atoms with Gasteiger partial charge in [-0.2, -0.15) is 0 Å². The van der Waals surface area contributed by atoms with Crippen molar-refractivity contribution in [3.63, 3.8) is 0 Å². The molecule has 0 heterocycles. The van der Waals surface area contributed by atoms with E-state index in [1.807, 2.05) is 60.7 Å². The monoisotopic (exact) mass is 536 g/mol. The summed E-state index contributed by atoms with van der Waals surface area (Å²) in [5.41, 5.74) is -0.102. The van der Waals surface area contributed by atoms with Gasteiger partial charge in [0.25, 0.3) is 0 Å². The maximum Gasteiger partial charge on any atom is 0.325 e. The second-order valence-corrected chi connectivity index (χ2v) is 8.29. The third-order valence-electron chi connectivity index (χ3n) is 6.12. The molecule has 2 aliphatic rings. The van der Waals surface area contributed by atoms with Crippen molar-refractivity contribution in [3.05, 3.63) is 108 Å². The smallest absolute Gasteiger partial charge is 0.325 e. The largest absolute Gasteiger partial charge is 0.480 e. The van der Waals surface area contributed by atoms with Crippen LogP contribution in [0.2, 0.25) is 0 Å². The molecule has 0 atom stereocenters. The number of carboxylic acids is 4. The molecule has 0 amide bonds. The number of hydrogen-bond acceptors (Lipinski definition) is 4. The van der Waals surface area contributed by atoms with Gasteiger partial charge in [0.2, 0.25) is 0 Å². The number of hydrogen-bond donors (Lipinski definition) is 4. The molecular weight excluding hydrogens is 512 g/mol. The molecule has 188 valence electrons. The Labute approximate surface area is 227 Å². The molecule has 8 nitrogen and oxygen atoms in total. The predicted molar refractivity (Wildman–Crippen MR) is 132 cm³/mol. The molecule has 0 fully saturated rings. The molecule has 0 aromatic heterocycles. The molecule has 2 aromatic rings. The van der Waals surface area contributed by atoms with Crippen molar-refractivity contribution in [2.75, 3.05) is 0 Å². The molecule has 4 rings (SSSR count). The second kappa shape index (κ2) is 12.3. The number of carbonyl (C=O) groups is 4. The number of rotatable bonds is 6. The van der Waals surface area contributed by atoms with Crippen LogP contribution in [-0.2, 0) is 40.9 Å². The summed E-state index contributed by atoms with van der Waals surface area (Å²) in [6, 6.07) is 18.8. The Morgan fingerprint density at radius 3 is 1.05 bits per heavy atom. The van der Waals surface area contributed by atoms with Crippen LogP contribution in [0.3, 0.4) is 0 Å². The fourth-order valence-electron chi connectivity index (χ4n) is 3.78. The summed E-state index contributed by atoms with van der Waals surface area (Å²) in [7, 11) is 0. The molecule has 0 saturated carbocycles. The van der Waals surface area contributed by atoms with Gasteiger partial charge in [0.05, 0.1) is 0 Å². The third-order valence-corrected chi connectivity index (χ3v) is 6.12. The van der Waals surface area contributed by atoms with Crippen LogP contribution in [0.25, 0.3) is 11.1 Å². The number of carboxylic acid groups (broad SMARTS) is 4. The van der Waals surface area contributed by atoms with Gasteiger partial charge in [-0.15, -0.1) is 0 Å². The Bertz CT molecular complexity index is 1160. The first-order chi connectivity index (χ1) is 17.1. The van der Waals surface area contributed by atoms with E-state index in [9.17, 15) is 19.2 Å². The van der Waals surface area contributed by atoms with E-state index in [4.69, 9.17) is 20.4 Å². The zero-order valence-electron chi connectivity index (χ0n) is 19.6. The zero-order valence-corrected chi connectivity index (χ0v) is 21.1. The normalized spacial score (nSPS) is 16.5. The van der Waals surface area contributed by atoms with E-state index in [0.29, 0.717) is 0 Å². The number of allylic oxidation sites excluding steroid dienone is 6. The summed E-state index contributed by atoms with van der Waals surface area (Å²) in [5.74, 6) is -5.35. The SMILES string of the molecule is O=C(O)C1(C(=O)O)C=CC(c2ccccc2)=CC1.O=C(O)C1(C(=O)O)C=CC(c2ccccc2)=CC1.[Ti]. The van der Waals surface area contributed by atoms with Crippen molar-refractivity contribution in [1.82, 2.24) is 0 Å². The second-order valence-electron chi connectivity index (χ2n) is 8.29. The maximum atomic E-state index is 11.1. The molecule has 0 spiro atoms. The predicted octanol–water partition coefficient (Wildman–Crippen LogP) is 4.37. The molecule has 4 N–H and O–H groups in total. The average molecular weight is 536 g/mol. The van der Waals surface area contributed by atoms with Gasteiger partial charge < -0.3 is 20.4 Å². The molecule has 9 heteroatoms. The Hall–Kier alpha value is -4.01. The third kappa shape index (κ3) is 6.23. The summed E-state index contributed by atoms with van der Waals surface area (Å²) < 4.78 is 0. The summed E-state index contributed by atoms with van der Waals surface area (Å²) in [4.78, 5) is 44.4. The van der Waals surface area contributed by atoms with E-state index in [2.05, 4.69) is 0 Å². The molecule has 2 aliphatic carbocycles. The first-order valence-electron chi connectivity index (χ1n) is 11.0. The van der Waals surface area contributed by atoms with E-state index in [1.165, 1.54) is 12.2 Å². The minimum atomic E-state index is -1.84. The topological polar surface area (TPSA) is 149 Å². The molecule has 2 aromatic carbocycles. The summed E-state index contributed by atoms with van der Waals surface area (Å²) >= 11 is 0. The maximum absolute atomic E-state index is 11.1. The van der Waals surface area contributed by atoms with Crippen LogP contribution in [0.15, 0.2) is 97.1 Å². The van der Waals surface area contributed by atoms with Crippen molar-refractivity contribution < 1.29 is 61.3 Å². The van der Waals surface area contributed by atoms with Crippen molar-refractivity contribution in [2.24, 2.45) is 10.8 Å². The minimum Gasteiger partial charge on any atom is -0.480 e. The van der Waals surface area contributed by atoms with Crippen LogP contribution in [0, 0.1) is 10.8 Å². The summed E-state index contributed by atoms with van der Waals surface area (Å²) in [5, 5.41) is 36.2. The molecule has 0 radical (unpaired) electrons. The van der Waals surface area contributed by atoms with Crippen LogP contribution >= 0.6 is 0 Å². The first-order valence-corrected chi connectivity index (χ1v) is 11.0. The Morgan fingerprint density at radius 1 is 0.541 bits per heavy atom. The molecule has 0 bridgehead atoms. The number of aliphatic carboxylic acids is 4. The Morgan fingerprint density at radius 2 is 0.838 bits per heavy atom. The Balaban J connectivity index is 0.000000253. The van der Waals surface area contributed by atoms with Gasteiger partial charge in [0.1, 0.15) is 0 Å². The van der Waals surface area contributed by atoms with Gasteiger partial charge in [-0.25, -0.2) is 0 Å². The molecule has 0 unspecified atom stereocenters. The number of benzene rings is 2. The van der Waals surface area contributed by atoms with Crippen LogP contribution in [0.4, 0.5) is 0 Å². The molecule has 0 aliphatic heterocycles. The van der Waals surface area contributed by atoms with Gasteiger partial charge >= 0.3 is 23.9 Å². The van der Waals surface area contributed by atoms with Gasteiger partial charge in [0, 0.05) is 21.7 Å². The minimum absolute atomic E-state index is 0. The molecular formula is C28H24O8Ti. The van der Waals surface area contributed by atoms with Crippen molar-refractivity contribution in [2.45, 2.75) is 12.8 Å². The molecule has 0 saturated heterocycles. The van der Waals surface area contributed by atoms with E-state index in [0.717, 1.165) is 22.3 Å². The summed E-state index contributed by atoms with van der Waals surface area (Å²) in [6.07, 6.45) is 8.83. The Kier molecular flexibility index (Phi) is 9.71. The molecule has 37 heavy (non-hydrogen) atoms. The van der Waals surface area contributed by atoms with Crippen molar-refractivity contribution >= 4 is 35.0 Å². The van der Waals surface area contributed by atoms with Crippen molar-refractivity contribution in [1.29, 1.82) is 0 Å². The van der Waals surface area contributed by atoms with Crippen molar-refractivity contribution in [3.8, 4) is 0 Å². The van der Waals surface area contributed by atoms with Gasteiger partial charge in [-0.3, -0.25) is 19.2 Å². The van der Waals surface area contributed by atoms with Crippen LogP contribution in [0.1, 0.15) is 24.0 Å². The summed E-state index contributed by atoms with van der Waals surface area (Å²) in [6.45, 7) is 0. The van der Waals surface area contributed by atoms with E-state index >= 15 is 0 Å². The first kappa shape index (κ1) is 29.2. The van der Waals surface area contributed by atoms with Gasteiger partial charge in [-0.1, -0.05) is 97.1 Å². The quantitative estimate of drug-likeness (QED) is 0.314. The van der Waals surface area contributed by atoms with Crippen LogP contribution in [0.5, 0.6) is 0 Å². The van der Waals surface area contributed by atoms with Crippen LogP contribution in [-0.4, -0.2) is 44.3 Å². The zero-order chi connectivity index (χ0) is 26.3. The van der Waals surface area contributed by atoms with E-state index in [-0.39, 0.29) is 34.6 Å². The van der Waals surface area contributed by atoms with Gasteiger partial charge in [0.15, 0.2) is 10.8 Å². The van der Waals surface area contributed by atoms with E-state index in [1.54, 1.807) is 24.3 Å². The standard InChI is InChI=1S/2C14H12O4.Ti/c2*15-12(16)14(13(17)18)8-6-11(7-9-14)10-4-2-1-3-5-10;/h2*1-8H,9H2,(H,15,16)(H,17,18);. The van der Waals surface area contributed by atoms with E-state index < -0.39 is 34.7 Å². The van der Waals surface area contributed by atoms with Gasteiger partial charge in [-0.05, 0) is 35.1 Å². The fourth-order valence-corrected chi connectivity index (χ4v) is 3.78.